The van der Waals surface area contributed by atoms with Crippen molar-refractivity contribution in [2.75, 3.05) is 0 Å². The molecule has 0 aliphatic heterocycles. The van der Waals surface area contributed by atoms with Crippen molar-refractivity contribution in [1.29, 1.82) is 0 Å². The summed E-state index contributed by atoms with van der Waals surface area (Å²) in [6, 6.07) is 14.7. The Morgan fingerprint density at radius 1 is 1.13 bits per heavy atom. The molecule has 124 valence electrons. The molecule has 0 saturated carbocycles. The molecule has 3 heteroatoms. The molecule has 3 rings (SSSR count). The number of benzene rings is 1. The first-order valence-electron chi connectivity index (χ1n) is 7.39. The minimum absolute atomic E-state index is 0. The van der Waals surface area contributed by atoms with E-state index in [1.54, 1.807) is 24.2 Å². The fourth-order valence-electron chi connectivity index (χ4n) is 1.88. The van der Waals surface area contributed by atoms with Crippen molar-refractivity contribution >= 4 is 14.0 Å². The van der Waals surface area contributed by atoms with Crippen LogP contribution in [0.3, 0.4) is 0 Å². The molecule has 0 saturated heterocycles. The van der Waals surface area contributed by atoms with E-state index in [0.717, 1.165) is 6.42 Å². The van der Waals surface area contributed by atoms with E-state index in [9.17, 15) is 0 Å². The summed E-state index contributed by atoms with van der Waals surface area (Å²) in [6.45, 7) is 8.65. The van der Waals surface area contributed by atoms with E-state index in [0.29, 0.717) is 5.92 Å². The molecule has 23 heavy (non-hydrogen) atoms. The van der Waals surface area contributed by atoms with Crippen molar-refractivity contribution < 1.29 is 49.0 Å². The van der Waals surface area contributed by atoms with Crippen molar-refractivity contribution in [3.63, 3.8) is 0 Å². The Hall–Kier alpha value is -0.357. The van der Waals surface area contributed by atoms with Crippen LogP contribution in [0.4, 0.5) is 0 Å². The van der Waals surface area contributed by atoms with E-state index in [4.69, 9.17) is 0 Å². The van der Waals surface area contributed by atoms with Crippen LogP contribution in [0.25, 0.3) is 10.8 Å². The molecule has 0 spiro atoms. The van der Waals surface area contributed by atoms with Crippen molar-refractivity contribution in [3.05, 3.63) is 66.3 Å². The number of fused-ring (bicyclic) bond motifs is 1. The van der Waals surface area contributed by atoms with Gasteiger partial charge in [0, 0.05) is 0 Å². The van der Waals surface area contributed by atoms with E-state index < -0.39 is 0 Å². The molecule has 0 bridgehead atoms. The maximum atomic E-state index is 3.14. The molecule has 0 atom stereocenters. The van der Waals surface area contributed by atoms with Gasteiger partial charge in [0.15, 0.2) is 0 Å². The van der Waals surface area contributed by atoms with Gasteiger partial charge in [0.2, 0.25) is 0 Å². The summed E-state index contributed by atoms with van der Waals surface area (Å²) in [5, 5.41) is 2.66. The third-order valence-corrected chi connectivity index (χ3v) is 2.94. The number of hydrogen-bond donors (Lipinski definition) is 0. The first-order valence-corrected chi connectivity index (χ1v) is 8.62. The maximum Gasteiger partial charge on any atom is -0.0809 e. The molecule has 0 amide bonds. The smallest absolute Gasteiger partial charge is 0.0809 e. The number of allylic oxidation sites excluding steroid dienone is 4. The minimum Gasteiger partial charge on any atom is -1.00 e. The van der Waals surface area contributed by atoms with E-state index in [1.807, 2.05) is 0 Å². The van der Waals surface area contributed by atoms with Crippen LogP contribution in [0, 0.1) is 12.0 Å². The van der Waals surface area contributed by atoms with Gasteiger partial charge in [-0.3, -0.25) is 6.08 Å². The third kappa shape index (κ3) is 10.9. The van der Waals surface area contributed by atoms with Crippen LogP contribution < -0.4 is 24.8 Å². The van der Waals surface area contributed by atoms with Crippen LogP contribution in [0.15, 0.2) is 60.2 Å². The van der Waals surface area contributed by atoms with Gasteiger partial charge in [-0.25, -0.2) is 6.08 Å². The summed E-state index contributed by atoms with van der Waals surface area (Å²) < 4.78 is 1.51. The van der Waals surface area contributed by atoms with Crippen LogP contribution in [-0.2, 0) is 24.2 Å². The molecular formula is C20H24Cl2Zr-2. The summed E-state index contributed by atoms with van der Waals surface area (Å²) in [7, 11) is 0. The summed E-state index contributed by atoms with van der Waals surface area (Å²) in [5.41, 5.74) is 1.44. The van der Waals surface area contributed by atoms with Crippen LogP contribution in [0.1, 0.15) is 34.1 Å². The van der Waals surface area contributed by atoms with Crippen molar-refractivity contribution in [3.8, 4) is 0 Å². The second-order valence-electron chi connectivity index (χ2n) is 5.57. The summed E-state index contributed by atoms with van der Waals surface area (Å²) in [5.74, 6) is 0.685. The van der Waals surface area contributed by atoms with Gasteiger partial charge in [0.05, 0.1) is 0 Å². The SMILES string of the molecule is CC(C)C1=CC[C-]=C1.C[C](C)=[Zr+2].[Cl-].[Cl-].c1ccc2[cH-]ccc2c1. The van der Waals surface area contributed by atoms with Crippen LogP contribution in [-0.4, -0.2) is 3.21 Å². The molecular weight excluding hydrogens is 402 g/mol. The number of halogens is 2. The molecule has 0 aromatic heterocycles. The monoisotopic (exact) mass is 424 g/mol. The topological polar surface area (TPSA) is 0 Å². The third-order valence-electron chi connectivity index (χ3n) is 2.94. The van der Waals surface area contributed by atoms with Gasteiger partial charge in [-0.2, -0.15) is 29.2 Å². The molecule has 1 aliphatic rings. The zero-order valence-electron chi connectivity index (χ0n) is 14.2. The van der Waals surface area contributed by atoms with E-state index in [2.05, 4.69) is 88.4 Å². The van der Waals surface area contributed by atoms with Crippen molar-refractivity contribution in [2.45, 2.75) is 34.1 Å². The van der Waals surface area contributed by atoms with Gasteiger partial charge in [-0.1, -0.05) is 25.8 Å². The molecule has 2 aromatic rings. The Morgan fingerprint density at radius 3 is 2.17 bits per heavy atom. The van der Waals surface area contributed by atoms with E-state index in [-0.39, 0.29) is 24.8 Å². The normalized spacial score (nSPS) is 11.3. The predicted molar refractivity (Wildman–Crippen MR) is 91.2 cm³/mol. The van der Waals surface area contributed by atoms with Crippen LogP contribution >= 0.6 is 0 Å². The molecule has 0 nitrogen and oxygen atoms in total. The summed E-state index contributed by atoms with van der Waals surface area (Å²) >= 11 is 1.55. The fraction of sp³-hybridized carbons (Fsp3) is 0.300. The average Bonchev–Trinajstić information content (AvgIpc) is 3.10. The van der Waals surface area contributed by atoms with Gasteiger partial charge >= 0.3 is 41.3 Å². The van der Waals surface area contributed by atoms with Crippen LogP contribution in [0.2, 0.25) is 0 Å². The Bertz CT molecular complexity index is 587. The summed E-state index contributed by atoms with van der Waals surface area (Å²) in [6.07, 6.45) is 8.47. The first-order chi connectivity index (χ1) is 10.0. The molecule has 2 aromatic carbocycles. The zero-order valence-corrected chi connectivity index (χ0v) is 18.2. The standard InChI is InChI=1S/C9H7.C8H11.C3H6.2ClH.Zr/c1-2-5-9-7-3-6-8(9)4-1;1-7(2)8-5-3-4-6-8;1-3-2;;;/h1-7H;5-7H,3H2,1-2H3;1-2H3;2*1H;/q2*-1;;;;+2/p-2. The minimum atomic E-state index is 0. The van der Waals surface area contributed by atoms with Gasteiger partial charge in [0.1, 0.15) is 0 Å². The summed E-state index contributed by atoms with van der Waals surface area (Å²) in [4.78, 5) is 0. The molecule has 0 radical (unpaired) electrons. The van der Waals surface area contributed by atoms with Gasteiger partial charge in [-0.05, 0) is 0 Å². The predicted octanol–water partition coefficient (Wildman–Crippen LogP) is -0.356. The van der Waals surface area contributed by atoms with Gasteiger partial charge in [0.25, 0.3) is 0 Å². The maximum absolute atomic E-state index is 3.14. The Morgan fingerprint density at radius 2 is 1.74 bits per heavy atom. The molecule has 0 fully saturated rings. The fourth-order valence-corrected chi connectivity index (χ4v) is 1.88. The van der Waals surface area contributed by atoms with Gasteiger partial charge < -0.3 is 24.8 Å². The largest absolute Gasteiger partial charge is 1.00 e. The average molecular weight is 427 g/mol. The molecule has 1 aliphatic carbocycles. The van der Waals surface area contributed by atoms with Crippen molar-refractivity contribution in [1.82, 2.24) is 0 Å². The number of hydrogen-bond acceptors (Lipinski definition) is 0. The Balaban J connectivity index is 0. The van der Waals surface area contributed by atoms with E-state index >= 15 is 0 Å². The second-order valence-corrected chi connectivity index (χ2v) is 8.02. The molecule has 0 unspecified atom stereocenters. The van der Waals surface area contributed by atoms with Crippen molar-refractivity contribution in [2.24, 2.45) is 5.92 Å². The number of rotatable bonds is 1. The Labute approximate surface area is 168 Å². The molecule has 0 N–H and O–H groups in total. The Kier molecular flexibility index (Phi) is 15.2. The quantitative estimate of drug-likeness (QED) is 0.547. The van der Waals surface area contributed by atoms with Crippen LogP contribution in [0.5, 0.6) is 0 Å². The second kappa shape index (κ2) is 14.0. The zero-order chi connectivity index (χ0) is 15.7. The first kappa shape index (κ1) is 24.9. The van der Waals surface area contributed by atoms with Gasteiger partial charge in [-0.15, -0.1) is 36.1 Å². The van der Waals surface area contributed by atoms with E-state index in [1.165, 1.54) is 19.6 Å². The molecule has 0 heterocycles.